The van der Waals surface area contributed by atoms with Crippen LogP contribution in [-0.4, -0.2) is 19.9 Å². The van der Waals surface area contributed by atoms with E-state index < -0.39 is 0 Å². The van der Waals surface area contributed by atoms with Crippen molar-refractivity contribution in [3.8, 4) is 11.5 Å². The summed E-state index contributed by atoms with van der Waals surface area (Å²) in [4.78, 5) is 0. The Morgan fingerprint density at radius 2 is 2.00 bits per heavy atom. The van der Waals surface area contributed by atoms with Crippen molar-refractivity contribution in [1.82, 2.24) is 0 Å². The molecule has 3 N–H and O–H groups in total. The highest BCUT2D eigenvalue weighted by molar-refractivity contribution is 5.55. The lowest BCUT2D eigenvalue weighted by Crippen LogP contribution is -2.12. The molecule has 1 aromatic carbocycles. The third-order valence-electron chi connectivity index (χ3n) is 1.85. The lowest BCUT2D eigenvalue weighted by atomic mass is 10.3. The molecule has 1 heterocycles. The second kappa shape index (κ2) is 6.14. The molecule has 4 heteroatoms. The molecule has 4 nitrogen and oxygen atoms in total. The van der Waals surface area contributed by atoms with Crippen molar-refractivity contribution in [1.29, 1.82) is 0 Å². The molecule has 1 aliphatic heterocycles. The van der Waals surface area contributed by atoms with Gasteiger partial charge in [0, 0.05) is 24.8 Å². The normalized spacial score (nSPS) is 11.7. The van der Waals surface area contributed by atoms with Gasteiger partial charge in [-0.1, -0.05) is 13.8 Å². The number of nitrogens with two attached hydrogens (primary N) is 1. The molecule has 0 unspecified atom stereocenters. The molecular formula is C11H18N2O2. The summed E-state index contributed by atoms with van der Waals surface area (Å²) < 4.78 is 10.4. The van der Waals surface area contributed by atoms with Gasteiger partial charge in [0.05, 0.1) is 0 Å². The summed E-state index contributed by atoms with van der Waals surface area (Å²) in [6.45, 7) is 5.70. The summed E-state index contributed by atoms with van der Waals surface area (Å²) in [5.74, 6) is 1.60. The number of fused-ring (bicyclic) bond motifs is 1. The van der Waals surface area contributed by atoms with Crippen LogP contribution in [0, 0.1) is 0 Å². The first kappa shape index (κ1) is 11.7. The molecule has 0 aromatic heterocycles. The van der Waals surface area contributed by atoms with E-state index in [0.29, 0.717) is 13.3 Å². The lowest BCUT2D eigenvalue weighted by molar-refractivity contribution is 0.174. The number of anilines is 1. The van der Waals surface area contributed by atoms with Crippen LogP contribution in [0.1, 0.15) is 13.8 Å². The van der Waals surface area contributed by atoms with Crippen LogP contribution in [0.5, 0.6) is 11.5 Å². The van der Waals surface area contributed by atoms with Gasteiger partial charge in [0.2, 0.25) is 6.79 Å². The zero-order chi connectivity index (χ0) is 11.1. The average molecular weight is 210 g/mol. The third kappa shape index (κ3) is 3.02. The zero-order valence-electron chi connectivity index (χ0n) is 9.25. The van der Waals surface area contributed by atoms with E-state index in [4.69, 9.17) is 15.2 Å². The van der Waals surface area contributed by atoms with E-state index in [1.54, 1.807) is 0 Å². The van der Waals surface area contributed by atoms with Crippen LogP contribution in [0.15, 0.2) is 18.2 Å². The van der Waals surface area contributed by atoms with E-state index >= 15 is 0 Å². The standard InChI is InChI=1S/C9H12N2O2.C2H6/c10-3-4-11-7-1-2-8-9(5-7)13-6-12-8;1-2/h1-2,5,11H,3-4,6,10H2;1-2H3. The van der Waals surface area contributed by atoms with Crippen LogP contribution < -0.4 is 20.5 Å². The lowest BCUT2D eigenvalue weighted by Gasteiger charge is -2.04. The Morgan fingerprint density at radius 1 is 1.27 bits per heavy atom. The summed E-state index contributed by atoms with van der Waals surface area (Å²) in [7, 11) is 0. The highest BCUT2D eigenvalue weighted by Gasteiger charge is 2.12. The molecule has 0 aliphatic carbocycles. The Balaban J connectivity index is 0.000000531. The van der Waals surface area contributed by atoms with Gasteiger partial charge < -0.3 is 20.5 Å². The monoisotopic (exact) mass is 210 g/mol. The Kier molecular flexibility index (Phi) is 4.77. The minimum absolute atomic E-state index is 0.315. The van der Waals surface area contributed by atoms with E-state index in [2.05, 4.69) is 5.32 Å². The van der Waals surface area contributed by atoms with Crippen molar-refractivity contribution < 1.29 is 9.47 Å². The van der Waals surface area contributed by atoms with Gasteiger partial charge in [-0.15, -0.1) is 0 Å². The molecule has 0 saturated carbocycles. The fraction of sp³-hybridized carbons (Fsp3) is 0.455. The zero-order valence-corrected chi connectivity index (χ0v) is 9.25. The largest absolute Gasteiger partial charge is 0.454 e. The van der Waals surface area contributed by atoms with Crippen molar-refractivity contribution in [2.45, 2.75) is 13.8 Å². The first-order valence-corrected chi connectivity index (χ1v) is 5.24. The first-order chi connectivity index (χ1) is 7.40. The Morgan fingerprint density at radius 3 is 2.73 bits per heavy atom. The predicted molar refractivity (Wildman–Crippen MR) is 61.5 cm³/mol. The summed E-state index contributed by atoms with van der Waals surface area (Å²) in [6.07, 6.45) is 0. The minimum atomic E-state index is 0.315. The SMILES string of the molecule is CC.NCCNc1ccc2c(c1)OCO2. The van der Waals surface area contributed by atoms with Gasteiger partial charge in [-0.2, -0.15) is 0 Å². The van der Waals surface area contributed by atoms with Crippen molar-refractivity contribution in [3.63, 3.8) is 0 Å². The third-order valence-corrected chi connectivity index (χ3v) is 1.85. The summed E-state index contributed by atoms with van der Waals surface area (Å²) in [5.41, 5.74) is 6.38. The van der Waals surface area contributed by atoms with Crippen LogP contribution in [0.25, 0.3) is 0 Å². The second-order valence-electron chi connectivity index (χ2n) is 2.78. The van der Waals surface area contributed by atoms with Crippen LogP contribution in [0.3, 0.4) is 0 Å². The molecule has 15 heavy (non-hydrogen) atoms. The minimum Gasteiger partial charge on any atom is -0.454 e. The van der Waals surface area contributed by atoms with Gasteiger partial charge in [0.1, 0.15) is 0 Å². The summed E-state index contributed by atoms with van der Waals surface area (Å²) in [6, 6.07) is 5.75. The number of hydrogen-bond donors (Lipinski definition) is 2. The fourth-order valence-electron chi connectivity index (χ4n) is 1.22. The van der Waals surface area contributed by atoms with E-state index in [0.717, 1.165) is 23.7 Å². The maximum absolute atomic E-state index is 5.37. The Hall–Kier alpha value is -1.42. The average Bonchev–Trinajstić information content (AvgIpc) is 2.76. The number of benzene rings is 1. The number of nitrogens with one attached hydrogen (secondary N) is 1. The fourth-order valence-corrected chi connectivity index (χ4v) is 1.22. The molecule has 2 rings (SSSR count). The van der Waals surface area contributed by atoms with Crippen molar-refractivity contribution in [2.24, 2.45) is 5.73 Å². The molecule has 0 amide bonds. The maximum Gasteiger partial charge on any atom is 0.231 e. The van der Waals surface area contributed by atoms with Gasteiger partial charge in [0.15, 0.2) is 11.5 Å². The topological polar surface area (TPSA) is 56.5 Å². The second-order valence-corrected chi connectivity index (χ2v) is 2.78. The van der Waals surface area contributed by atoms with Crippen molar-refractivity contribution >= 4 is 5.69 Å². The maximum atomic E-state index is 5.37. The first-order valence-electron chi connectivity index (χ1n) is 5.24. The molecule has 0 spiro atoms. The number of rotatable bonds is 3. The Labute approximate surface area is 90.4 Å². The van der Waals surface area contributed by atoms with E-state index in [-0.39, 0.29) is 0 Å². The van der Waals surface area contributed by atoms with E-state index in [9.17, 15) is 0 Å². The molecule has 0 radical (unpaired) electrons. The molecule has 84 valence electrons. The van der Waals surface area contributed by atoms with Crippen LogP contribution >= 0.6 is 0 Å². The van der Waals surface area contributed by atoms with E-state index in [1.165, 1.54) is 0 Å². The Bertz CT molecular complexity index is 303. The van der Waals surface area contributed by atoms with Crippen LogP contribution in [0.4, 0.5) is 5.69 Å². The molecular weight excluding hydrogens is 192 g/mol. The predicted octanol–water partition coefficient (Wildman–Crippen LogP) is 1.81. The van der Waals surface area contributed by atoms with Gasteiger partial charge in [0.25, 0.3) is 0 Å². The van der Waals surface area contributed by atoms with Crippen molar-refractivity contribution in [3.05, 3.63) is 18.2 Å². The molecule has 0 bridgehead atoms. The van der Waals surface area contributed by atoms with Crippen LogP contribution in [-0.2, 0) is 0 Å². The van der Waals surface area contributed by atoms with Gasteiger partial charge >= 0.3 is 0 Å². The van der Waals surface area contributed by atoms with Crippen LogP contribution in [0.2, 0.25) is 0 Å². The smallest absolute Gasteiger partial charge is 0.231 e. The highest BCUT2D eigenvalue weighted by atomic mass is 16.7. The number of ether oxygens (including phenoxy) is 2. The van der Waals surface area contributed by atoms with Crippen molar-refractivity contribution in [2.75, 3.05) is 25.2 Å². The molecule has 0 atom stereocenters. The molecule has 0 fully saturated rings. The molecule has 1 aliphatic rings. The highest BCUT2D eigenvalue weighted by Crippen LogP contribution is 2.33. The van der Waals surface area contributed by atoms with Gasteiger partial charge in [-0.25, -0.2) is 0 Å². The van der Waals surface area contributed by atoms with Gasteiger partial charge in [-0.05, 0) is 12.1 Å². The summed E-state index contributed by atoms with van der Waals surface area (Å²) in [5, 5.41) is 3.16. The molecule has 1 aromatic rings. The molecule has 0 saturated heterocycles. The number of hydrogen-bond acceptors (Lipinski definition) is 4. The quantitative estimate of drug-likeness (QED) is 0.799. The van der Waals surface area contributed by atoms with E-state index in [1.807, 2.05) is 32.0 Å². The van der Waals surface area contributed by atoms with Gasteiger partial charge in [-0.3, -0.25) is 0 Å². The summed E-state index contributed by atoms with van der Waals surface area (Å²) >= 11 is 0.